The quantitative estimate of drug-likeness (QED) is 0.830. The monoisotopic (exact) mass is 271 g/mol. The van der Waals surface area contributed by atoms with Gasteiger partial charge in [0.2, 0.25) is 0 Å². The summed E-state index contributed by atoms with van der Waals surface area (Å²) in [6.07, 6.45) is 0. The summed E-state index contributed by atoms with van der Waals surface area (Å²) >= 11 is 5.02. The van der Waals surface area contributed by atoms with E-state index in [-0.39, 0.29) is 0 Å². The van der Waals surface area contributed by atoms with Gasteiger partial charge >= 0.3 is 0 Å². The topological polar surface area (TPSA) is 22.1 Å². The van der Waals surface area contributed by atoms with Crippen molar-refractivity contribution in [2.24, 2.45) is 0 Å². The van der Waals surface area contributed by atoms with Crippen LogP contribution < -0.4 is 4.74 Å². The van der Waals surface area contributed by atoms with Crippen LogP contribution in [0.5, 0.6) is 5.75 Å². The third kappa shape index (κ3) is 1.77. The van der Waals surface area contributed by atoms with Crippen LogP contribution in [0.25, 0.3) is 10.2 Å². The molecule has 0 aliphatic carbocycles. The molecule has 0 unspecified atom stereocenters. The predicted molar refractivity (Wildman–Crippen MR) is 63.2 cm³/mol. The van der Waals surface area contributed by atoms with Gasteiger partial charge in [-0.3, -0.25) is 0 Å². The molecule has 0 saturated carbocycles. The molecule has 0 fully saturated rings. The highest BCUT2D eigenvalue weighted by Gasteiger charge is 2.06. The number of halogens is 1. The molecule has 14 heavy (non-hydrogen) atoms. The summed E-state index contributed by atoms with van der Waals surface area (Å²) in [5.74, 6) is 0.925. The minimum absolute atomic E-state index is 0.699. The highest BCUT2D eigenvalue weighted by Crippen LogP contribution is 2.31. The smallest absolute Gasteiger partial charge is 0.160 e. The van der Waals surface area contributed by atoms with Crippen molar-refractivity contribution in [1.82, 2.24) is 4.98 Å². The number of rotatable bonds is 2. The van der Waals surface area contributed by atoms with Gasteiger partial charge in [-0.15, -0.1) is 11.3 Å². The molecular weight excluding hydrogens is 262 g/mol. The number of thiazole rings is 1. The van der Waals surface area contributed by atoms with Gasteiger partial charge < -0.3 is 4.74 Å². The van der Waals surface area contributed by atoms with Gasteiger partial charge in [-0.25, -0.2) is 4.98 Å². The number of nitrogens with zero attached hydrogens (tertiary/aromatic N) is 1. The van der Waals surface area contributed by atoms with E-state index in [0.29, 0.717) is 6.61 Å². The molecule has 0 bridgehead atoms. The SMILES string of the molecule is CCOc1cc(C)c2nc(Br)sc2c1. The van der Waals surface area contributed by atoms with E-state index in [1.807, 2.05) is 19.1 Å². The number of ether oxygens (including phenoxy) is 1. The fraction of sp³-hybridized carbons (Fsp3) is 0.300. The van der Waals surface area contributed by atoms with Crippen LogP contribution in [-0.4, -0.2) is 11.6 Å². The molecule has 1 heterocycles. The van der Waals surface area contributed by atoms with E-state index in [1.165, 1.54) is 4.70 Å². The van der Waals surface area contributed by atoms with Crippen LogP contribution in [0.4, 0.5) is 0 Å². The molecule has 0 spiro atoms. The second-order valence-electron chi connectivity index (χ2n) is 2.99. The molecule has 0 atom stereocenters. The first-order chi connectivity index (χ1) is 6.70. The first-order valence-corrected chi connectivity index (χ1v) is 6.01. The normalized spacial score (nSPS) is 10.8. The molecule has 74 valence electrons. The molecule has 0 amide bonds. The molecule has 0 aliphatic heterocycles. The average molecular weight is 272 g/mol. The number of hydrogen-bond acceptors (Lipinski definition) is 3. The molecule has 2 nitrogen and oxygen atoms in total. The highest BCUT2D eigenvalue weighted by molar-refractivity contribution is 9.11. The molecule has 4 heteroatoms. The molecule has 2 rings (SSSR count). The fourth-order valence-electron chi connectivity index (χ4n) is 1.39. The van der Waals surface area contributed by atoms with Crippen LogP contribution in [0.15, 0.2) is 16.0 Å². The van der Waals surface area contributed by atoms with E-state index < -0.39 is 0 Å². The number of aromatic nitrogens is 1. The Morgan fingerprint density at radius 2 is 2.29 bits per heavy atom. The van der Waals surface area contributed by atoms with E-state index >= 15 is 0 Å². The molecule has 2 aromatic rings. The minimum atomic E-state index is 0.699. The Balaban J connectivity index is 2.59. The van der Waals surface area contributed by atoms with Gasteiger partial charge in [-0.1, -0.05) is 0 Å². The first-order valence-electron chi connectivity index (χ1n) is 4.40. The van der Waals surface area contributed by atoms with Crippen LogP contribution in [-0.2, 0) is 0 Å². The van der Waals surface area contributed by atoms with Crippen molar-refractivity contribution in [2.75, 3.05) is 6.61 Å². The zero-order valence-corrected chi connectivity index (χ0v) is 10.4. The fourth-order valence-corrected chi connectivity index (χ4v) is 2.89. The molecule has 0 N–H and O–H groups in total. The molecule has 0 radical (unpaired) electrons. The second-order valence-corrected chi connectivity index (χ2v) is 5.29. The van der Waals surface area contributed by atoms with Crippen LogP contribution in [0.1, 0.15) is 12.5 Å². The largest absolute Gasteiger partial charge is 0.494 e. The Kier molecular flexibility index (Phi) is 2.74. The van der Waals surface area contributed by atoms with Gasteiger partial charge in [0.05, 0.1) is 16.8 Å². The van der Waals surface area contributed by atoms with Crippen molar-refractivity contribution in [3.05, 3.63) is 21.6 Å². The minimum Gasteiger partial charge on any atom is -0.494 e. The molecule has 1 aromatic carbocycles. The summed E-state index contributed by atoms with van der Waals surface area (Å²) in [5.41, 5.74) is 2.22. The van der Waals surface area contributed by atoms with Crippen LogP contribution in [0.2, 0.25) is 0 Å². The van der Waals surface area contributed by atoms with Gasteiger partial charge in [0.15, 0.2) is 3.92 Å². The third-order valence-corrected chi connectivity index (χ3v) is 3.40. The van der Waals surface area contributed by atoms with Crippen LogP contribution in [0, 0.1) is 6.92 Å². The molecule has 1 aromatic heterocycles. The third-order valence-electron chi connectivity index (χ3n) is 1.94. The Hall–Kier alpha value is -0.610. The van der Waals surface area contributed by atoms with Gasteiger partial charge in [0.25, 0.3) is 0 Å². The molecular formula is C10H10BrNOS. The number of aryl methyl sites for hydroxylation is 1. The lowest BCUT2D eigenvalue weighted by Crippen LogP contribution is -1.91. The van der Waals surface area contributed by atoms with E-state index in [2.05, 4.69) is 27.8 Å². The van der Waals surface area contributed by atoms with Crippen molar-refractivity contribution in [3.63, 3.8) is 0 Å². The summed E-state index contributed by atoms with van der Waals surface area (Å²) in [4.78, 5) is 4.39. The lowest BCUT2D eigenvalue weighted by atomic mass is 10.2. The Labute approximate surface area is 95.0 Å². The highest BCUT2D eigenvalue weighted by atomic mass is 79.9. The maximum Gasteiger partial charge on any atom is 0.160 e. The van der Waals surface area contributed by atoms with Crippen molar-refractivity contribution >= 4 is 37.5 Å². The molecule has 0 saturated heterocycles. The van der Waals surface area contributed by atoms with Gasteiger partial charge in [-0.2, -0.15) is 0 Å². The lowest BCUT2D eigenvalue weighted by molar-refractivity contribution is 0.340. The second kappa shape index (κ2) is 3.87. The van der Waals surface area contributed by atoms with Gasteiger partial charge in [0.1, 0.15) is 5.75 Å². The first kappa shape index (κ1) is 9.93. The summed E-state index contributed by atoms with van der Waals surface area (Å²) in [7, 11) is 0. The summed E-state index contributed by atoms with van der Waals surface area (Å²) < 4.78 is 7.56. The average Bonchev–Trinajstić information content (AvgIpc) is 2.47. The lowest BCUT2D eigenvalue weighted by Gasteiger charge is -2.03. The number of benzene rings is 1. The van der Waals surface area contributed by atoms with E-state index in [1.54, 1.807) is 11.3 Å². The zero-order chi connectivity index (χ0) is 10.1. The van der Waals surface area contributed by atoms with Crippen molar-refractivity contribution < 1.29 is 4.74 Å². The Morgan fingerprint density at radius 1 is 1.50 bits per heavy atom. The maximum atomic E-state index is 5.47. The van der Waals surface area contributed by atoms with Crippen LogP contribution >= 0.6 is 27.3 Å². The van der Waals surface area contributed by atoms with Crippen molar-refractivity contribution in [2.45, 2.75) is 13.8 Å². The van der Waals surface area contributed by atoms with E-state index in [9.17, 15) is 0 Å². The van der Waals surface area contributed by atoms with Crippen LogP contribution in [0.3, 0.4) is 0 Å². The molecule has 0 aliphatic rings. The predicted octanol–water partition coefficient (Wildman–Crippen LogP) is 3.77. The number of fused-ring (bicyclic) bond motifs is 1. The van der Waals surface area contributed by atoms with Gasteiger partial charge in [-0.05, 0) is 47.5 Å². The van der Waals surface area contributed by atoms with E-state index in [4.69, 9.17) is 4.74 Å². The Bertz CT molecular complexity index is 466. The standard InChI is InChI=1S/C10H10BrNOS/c1-3-13-7-4-6(2)9-8(5-7)14-10(11)12-9/h4-5H,3H2,1-2H3. The summed E-state index contributed by atoms with van der Waals surface area (Å²) in [5, 5.41) is 0. The zero-order valence-electron chi connectivity index (χ0n) is 8.00. The van der Waals surface area contributed by atoms with Crippen molar-refractivity contribution in [1.29, 1.82) is 0 Å². The van der Waals surface area contributed by atoms with Gasteiger partial charge in [0, 0.05) is 0 Å². The summed E-state index contributed by atoms with van der Waals surface area (Å²) in [6.45, 7) is 4.74. The Morgan fingerprint density at radius 3 is 3.00 bits per heavy atom. The summed E-state index contributed by atoms with van der Waals surface area (Å²) in [6, 6.07) is 4.06. The maximum absolute atomic E-state index is 5.47. The van der Waals surface area contributed by atoms with E-state index in [0.717, 1.165) is 20.7 Å². The van der Waals surface area contributed by atoms with Crippen molar-refractivity contribution in [3.8, 4) is 5.75 Å². The number of hydrogen-bond donors (Lipinski definition) is 0.